The van der Waals surface area contributed by atoms with Crippen LogP contribution >= 0.6 is 0 Å². The number of carbonyl (C=O) groups excluding carboxylic acids is 2. The molecule has 0 aliphatic heterocycles. The van der Waals surface area contributed by atoms with Gasteiger partial charge in [0.2, 0.25) is 6.10 Å². The highest BCUT2D eigenvalue weighted by Crippen LogP contribution is 2.07. The molecule has 5 nitrogen and oxygen atoms in total. The lowest BCUT2D eigenvalue weighted by atomic mass is 10.1. The SMILES string of the molecule is O=C(Cc1ccccc1)OC(COCc1ccccc1)C(=O)NCc1ccccc1. The van der Waals surface area contributed by atoms with Crippen LogP contribution in [-0.2, 0) is 38.6 Å². The molecule has 0 bridgehead atoms. The summed E-state index contributed by atoms with van der Waals surface area (Å²) in [5.74, 6) is -0.849. The minimum Gasteiger partial charge on any atom is -0.449 e. The Labute approximate surface area is 176 Å². The van der Waals surface area contributed by atoms with Crippen molar-refractivity contribution in [2.45, 2.75) is 25.7 Å². The van der Waals surface area contributed by atoms with Gasteiger partial charge in [0, 0.05) is 6.54 Å². The van der Waals surface area contributed by atoms with Crippen molar-refractivity contribution in [2.24, 2.45) is 0 Å². The van der Waals surface area contributed by atoms with Crippen molar-refractivity contribution in [3.05, 3.63) is 108 Å². The van der Waals surface area contributed by atoms with Crippen LogP contribution in [0.15, 0.2) is 91.0 Å². The number of hydrogen-bond acceptors (Lipinski definition) is 4. The lowest BCUT2D eigenvalue weighted by Gasteiger charge is -2.18. The molecule has 0 aromatic heterocycles. The first-order valence-corrected chi connectivity index (χ1v) is 9.87. The molecule has 0 saturated carbocycles. The van der Waals surface area contributed by atoms with E-state index in [9.17, 15) is 9.59 Å². The van der Waals surface area contributed by atoms with E-state index < -0.39 is 12.1 Å². The zero-order valence-electron chi connectivity index (χ0n) is 16.7. The zero-order valence-corrected chi connectivity index (χ0v) is 16.7. The van der Waals surface area contributed by atoms with Crippen molar-refractivity contribution < 1.29 is 19.1 Å². The summed E-state index contributed by atoms with van der Waals surface area (Å²) in [4.78, 5) is 25.1. The van der Waals surface area contributed by atoms with Crippen molar-refractivity contribution in [2.75, 3.05) is 6.61 Å². The first-order chi connectivity index (χ1) is 14.7. The van der Waals surface area contributed by atoms with Gasteiger partial charge in [0.1, 0.15) is 0 Å². The molecular weight excluding hydrogens is 378 g/mol. The van der Waals surface area contributed by atoms with Gasteiger partial charge in [0.25, 0.3) is 5.91 Å². The number of nitrogens with one attached hydrogen (secondary N) is 1. The van der Waals surface area contributed by atoms with Crippen LogP contribution in [0.4, 0.5) is 0 Å². The van der Waals surface area contributed by atoms with Gasteiger partial charge in [0.05, 0.1) is 19.6 Å². The average Bonchev–Trinajstić information content (AvgIpc) is 2.79. The molecule has 0 heterocycles. The van der Waals surface area contributed by atoms with Crippen molar-refractivity contribution in [1.82, 2.24) is 5.32 Å². The molecule has 5 heteroatoms. The van der Waals surface area contributed by atoms with E-state index in [4.69, 9.17) is 9.47 Å². The second kappa shape index (κ2) is 11.5. The predicted molar refractivity (Wildman–Crippen MR) is 114 cm³/mol. The predicted octanol–water partition coefficient (Wildman–Crippen LogP) is 3.67. The second-order valence-corrected chi connectivity index (χ2v) is 6.85. The first-order valence-electron chi connectivity index (χ1n) is 9.87. The Balaban J connectivity index is 1.57. The smallest absolute Gasteiger partial charge is 0.311 e. The van der Waals surface area contributed by atoms with Gasteiger partial charge in [-0.3, -0.25) is 9.59 Å². The molecule has 0 saturated heterocycles. The fourth-order valence-corrected chi connectivity index (χ4v) is 2.88. The summed E-state index contributed by atoms with van der Waals surface area (Å²) in [5.41, 5.74) is 2.78. The van der Waals surface area contributed by atoms with Crippen molar-refractivity contribution >= 4 is 11.9 Å². The third kappa shape index (κ3) is 7.18. The van der Waals surface area contributed by atoms with Gasteiger partial charge in [-0.05, 0) is 16.7 Å². The summed E-state index contributed by atoms with van der Waals surface area (Å²) in [6.07, 6.45) is -0.921. The minimum absolute atomic E-state index is 0.0178. The summed E-state index contributed by atoms with van der Waals surface area (Å²) in [6, 6.07) is 28.5. The number of hydrogen-bond donors (Lipinski definition) is 1. The number of ether oxygens (including phenoxy) is 2. The van der Waals surface area contributed by atoms with Gasteiger partial charge < -0.3 is 14.8 Å². The molecule has 154 valence electrons. The van der Waals surface area contributed by atoms with E-state index >= 15 is 0 Å². The molecule has 1 N–H and O–H groups in total. The molecule has 1 atom stereocenters. The molecule has 0 aliphatic carbocycles. The Kier molecular flexibility index (Phi) is 8.18. The largest absolute Gasteiger partial charge is 0.449 e. The molecule has 3 rings (SSSR count). The maximum absolute atomic E-state index is 12.7. The molecule has 0 fully saturated rings. The molecule has 0 spiro atoms. The maximum atomic E-state index is 12.7. The zero-order chi connectivity index (χ0) is 21.0. The summed E-state index contributed by atoms with van der Waals surface area (Å²) < 4.78 is 11.1. The molecule has 3 aromatic carbocycles. The first kappa shape index (κ1) is 21.3. The standard InChI is InChI=1S/C25H25NO4/c27-24(16-20-10-4-1-5-11-20)30-23(19-29-18-22-14-8-3-9-15-22)25(28)26-17-21-12-6-2-7-13-21/h1-15,23H,16-19H2,(H,26,28). The van der Waals surface area contributed by atoms with Crippen LogP contribution in [0.3, 0.4) is 0 Å². The summed E-state index contributed by atoms with van der Waals surface area (Å²) in [5, 5.41) is 2.82. The fourth-order valence-electron chi connectivity index (χ4n) is 2.88. The highest BCUT2D eigenvalue weighted by Gasteiger charge is 2.23. The van der Waals surface area contributed by atoms with E-state index in [1.165, 1.54) is 0 Å². The van der Waals surface area contributed by atoms with E-state index in [1.54, 1.807) is 0 Å². The van der Waals surface area contributed by atoms with Crippen LogP contribution in [0, 0.1) is 0 Å². The average molecular weight is 403 g/mol. The molecule has 1 amide bonds. The van der Waals surface area contributed by atoms with Gasteiger partial charge in [-0.1, -0.05) is 91.0 Å². The number of rotatable bonds is 10. The minimum atomic E-state index is -1.02. The third-order valence-corrected chi connectivity index (χ3v) is 4.45. The molecular formula is C25H25NO4. The highest BCUT2D eigenvalue weighted by molar-refractivity contribution is 5.84. The van der Waals surface area contributed by atoms with Crippen molar-refractivity contribution in [3.8, 4) is 0 Å². The van der Waals surface area contributed by atoms with Crippen molar-refractivity contribution in [3.63, 3.8) is 0 Å². The number of carbonyl (C=O) groups is 2. The monoisotopic (exact) mass is 403 g/mol. The van der Waals surface area contributed by atoms with Crippen LogP contribution < -0.4 is 5.32 Å². The topological polar surface area (TPSA) is 64.6 Å². The van der Waals surface area contributed by atoms with Crippen LogP contribution in [0.2, 0.25) is 0 Å². The van der Waals surface area contributed by atoms with E-state index in [-0.39, 0.29) is 18.9 Å². The third-order valence-electron chi connectivity index (χ3n) is 4.45. The Morgan fingerprint density at radius 1 is 0.733 bits per heavy atom. The lowest BCUT2D eigenvalue weighted by Crippen LogP contribution is -2.40. The quantitative estimate of drug-likeness (QED) is 0.525. The number of amides is 1. The van der Waals surface area contributed by atoms with Crippen LogP contribution in [0.1, 0.15) is 16.7 Å². The lowest BCUT2D eigenvalue weighted by molar-refractivity contribution is -0.159. The summed E-state index contributed by atoms with van der Waals surface area (Å²) >= 11 is 0. The van der Waals surface area contributed by atoms with E-state index in [0.29, 0.717) is 13.2 Å². The normalized spacial score (nSPS) is 11.5. The number of esters is 1. The van der Waals surface area contributed by atoms with Gasteiger partial charge in [-0.25, -0.2) is 0 Å². The van der Waals surface area contributed by atoms with E-state index in [0.717, 1.165) is 16.7 Å². The molecule has 3 aromatic rings. The summed E-state index contributed by atoms with van der Waals surface area (Å²) in [7, 11) is 0. The van der Waals surface area contributed by atoms with E-state index in [2.05, 4.69) is 5.32 Å². The van der Waals surface area contributed by atoms with Crippen LogP contribution in [0.25, 0.3) is 0 Å². The molecule has 30 heavy (non-hydrogen) atoms. The Morgan fingerprint density at radius 3 is 1.87 bits per heavy atom. The van der Waals surface area contributed by atoms with Crippen molar-refractivity contribution in [1.29, 1.82) is 0 Å². The fraction of sp³-hybridized carbons (Fsp3) is 0.200. The highest BCUT2D eigenvalue weighted by atomic mass is 16.6. The van der Waals surface area contributed by atoms with E-state index in [1.807, 2.05) is 91.0 Å². The van der Waals surface area contributed by atoms with Gasteiger partial charge in [-0.15, -0.1) is 0 Å². The van der Waals surface area contributed by atoms with Crippen LogP contribution in [-0.4, -0.2) is 24.6 Å². The molecule has 0 radical (unpaired) electrons. The Morgan fingerprint density at radius 2 is 1.27 bits per heavy atom. The summed E-state index contributed by atoms with van der Waals surface area (Å²) in [6.45, 7) is 0.667. The molecule has 1 unspecified atom stereocenters. The molecule has 0 aliphatic rings. The Hall–Kier alpha value is -3.44. The van der Waals surface area contributed by atoms with Crippen LogP contribution in [0.5, 0.6) is 0 Å². The van der Waals surface area contributed by atoms with Gasteiger partial charge >= 0.3 is 5.97 Å². The maximum Gasteiger partial charge on any atom is 0.311 e. The number of benzene rings is 3. The second-order valence-electron chi connectivity index (χ2n) is 6.85. The van der Waals surface area contributed by atoms with Gasteiger partial charge in [0.15, 0.2) is 0 Å². The Bertz CT molecular complexity index is 914. The van der Waals surface area contributed by atoms with Gasteiger partial charge in [-0.2, -0.15) is 0 Å².